The van der Waals surface area contributed by atoms with Crippen molar-refractivity contribution in [2.45, 2.75) is 38.9 Å². The highest BCUT2D eigenvalue weighted by atomic mass is 16.7. The van der Waals surface area contributed by atoms with Gasteiger partial charge in [0.15, 0.2) is 0 Å². The van der Waals surface area contributed by atoms with E-state index >= 15 is 0 Å². The Hall–Kier alpha value is -2.16. The van der Waals surface area contributed by atoms with E-state index in [1.54, 1.807) is 6.07 Å². The van der Waals surface area contributed by atoms with Gasteiger partial charge < -0.3 is 9.31 Å². The lowest BCUT2D eigenvalue weighted by molar-refractivity contribution is 0.00578. The first-order valence-electron chi connectivity index (χ1n) is 7.65. The van der Waals surface area contributed by atoms with Crippen LogP contribution in [0.25, 0.3) is 11.3 Å². The summed E-state index contributed by atoms with van der Waals surface area (Å²) in [7, 11) is -0.404. The molecule has 23 heavy (non-hydrogen) atoms. The smallest absolute Gasteiger partial charge is 0.399 e. The van der Waals surface area contributed by atoms with E-state index in [1.807, 2.05) is 64.1 Å². The van der Waals surface area contributed by atoms with Crippen LogP contribution in [-0.2, 0) is 9.31 Å². The lowest BCUT2D eigenvalue weighted by Gasteiger charge is -2.32. The molecule has 0 saturated carbocycles. The number of nitriles is 1. The molecule has 0 atom stereocenters. The standard InChI is InChI=1S/C18H19BN2O2/c1-17(2)18(3,4)23-19(22-17)14-8-5-7-13(11-14)16-10-6-9-15(12-20)21-16/h5-11H,1-4H3. The number of hydrogen-bond acceptors (Lipinski definition) is 4. The molecule has 116 valence electrons. The molecule has 0 radical (unpaired) electrons. The second-order valence-electron chi connectivity index (χ2n) is 6.73. The second kappa shape index (κ2) is 5.49. The summed E-state index contributed by atoms with van der Waals surface area (Å²) in [6, 6.07) is 15.4. The quantitative estimate of drug-likeness (QED) is 0.801. The maximum Gasteiger partial charge on any atom is 0.494 e. The molecule has 0 spiro atoms. The Bertz CT molecular complexity index is 765. The van der Waals surface area contributed by atoms with Gasteiger partial charge in [-0.1, -0.05) is 30.3 Å². The van der Waals surface area contributed by atoms with E-state index in [0.717, 1.165) is 16.7 Å². The van der Waals surface area contributed by atoms with Crippen LogP contribution in [-0.4, -0.2) is 23.3 Å². The van der Waals surface area contributed by atoms with Gasteiger partial charge in [-0.05, 0) is 50.9 Å². The molecule has 0 amide bonds. The molecule has 1 aliphatic heterocycles. The first kappa shape index (κ1) is 15.7. The summed E-state index contributed by atoms with van der Waals surface area (Å²) in [5.74, 6) is 0. The number of pyridine rings is 1. The van der Waals surface area contributed by atoms with Crippen LogP contribution in [0.15, 0.2) is 42.5 Å². The summed E-state index contributed by atoms with van der Waals surface area (Å²) in [5.41, 5.74) is 2.32. The Morgan fingerprint density at radius 3 is 2.30 bits per heavy atom. The molecule has 0 bridgehead atoms. The largest absolute Gasteiger partial charge is 0.494 e. The van der Waals surface area contributed by atoms with E-state index in [2.05, 4.69) is 11.1 Å². The molecule has 1 aliphatic rings. The summed E-state index contributed by atoms with van der Waals surface area (Å²) in [6.07, 6.45) is 0. The fourth-order valence-electron chi connectivity index (χ4n) is 2.48. The molecule has 0 unspecified atom stereocenters. The first-order valence-corrected chi connectivity index (χ1v) is 7.65. The third kappa shape index (κ3) is 2.88. The number of rotatable bonds is 2. The van der Waals surface area contributed by atoms with E-state index in [4.69, 9.17) is 14.6 Å². The molecule has 1 aromatic heterocycles. The normalized spacial score (nSPS) is 18.7. The zero-order valence-corrected chi connectivity index (χ0v) is 13.8. The van der Waals surface area contributed by atoms with E-state index < -0.39 is 7.12 Å². The first-order chi connectivity index (χ1) is 10.8. The average molecular weight is 306 g/mol. The van der Waals surface area contributed by atoms with Gasteiger partial charge in [-0.15, -0.1) is 0 Å². The Morgan fingerprint density at radius 1 is 1.00 bits per heavy atom. The summed E-state index contributed by atoms with van der Waals surface area (Å²) in [6.45, 7) is 8.15. The van der Waals surface area contributed by atoms with Crippen LogP contribution in [0.2, 0.25) is 0 Å². The van der Waals surface area contributed by atoms with Crippen LogP contribution < -0.4 is 5.46 Å². The van der Waals surface area contributed by atoms with Crippen molar-refractivity contribution in [2.75, 3.05) is 0 Å². The van der Waals surface area contributed by atoms with Gasteiger partial charge in [-0.25, -0.2) is 4.98 Å². The maximum atomic E-state index is 9.00. The van der Waals surface area contributed by atoms with Crippen LogP contribution in [0, 0.1) is 11.3 Å². The van der Waals surface area contributed by atoms with Crippen molar-refractivity contribution < 1.29 is 9.31 Å². The van der Waals surface area contributed by atoms with Crippen molar-refractivity contribution in [3.8, 4) is 17.3 Å². The highest BCUT2D eigenvalue weighted by molar-refractivity contribution is 6.62. The van der Waals surface area contributed by atoms with Gasteiger partial charge in [0.2, 0.25) is 0 Å². The number of hydrogen-bond donors (Lipinski definition) is 0. The molecule has 4 nitrogen and oxygen atoms in total. The molecule has 0 N–H and O–H groups in total. The molecular weight excluding hydrogens is 287 g/mol. The van der Waals surface area contributed by atoms with Crippen molar-refractivity contribution in [3.05, 3.63) is 48.2 Å². The topological polar surface area (TPSA) is 55.1 Å². The van der Waals surface area contributed by atoms with Crippen LogP contribution in [0.4, 0.5) is 0 Å². The number of benzene rings is 1. The SMILES string of the molecule is CC1(C)OB(c2cccc(-c3cccc(C#N)n3)c2)OC1(C)C. The maximum absolute atomic E-state index is 9.00. The molecule has 5 heteroatoms. The lowest BCUT2D eigenvalue weighted by atomic mass is 9.78. The monoisotopic (exact) mass is 306 g/mol. The predicted molar refractivity (Wildman–Crippen MR) is 90.1 cm³/mol. The summed E-state index contributed by atoms with van der Waals surface area (Å²) >= 11 is 0. The highest BCUT2D eigenvalue weighted by Crippen LogP contribution is 2.36. The Labute approximate surface area is 137 Å². The zero-order chi connectivity index (χ0) is 16.7. The van der Waals surface area contributed by atoms with Crippen molar-refractivity contribution >= 4 is 12.6 Å². The Morgan fingerprint density at radius 2 is 1.65 bits per heavy atom. The second-order valence-corrected chi connectivity index (χ2v) is 6.73. The van der Waals surface area contributed by atoms with E-state index in [1.165, 1.54) is 0 Å². The van der Waals surface area contributed by atoms with E-state index in [0.29, 0.717) is 5.69 Å². The van der Waals surface area contributed by atoms with Gasteiger partial charge in [0, 0.05) is 0 Å². The molecule has 1 aromatic carbocycles. The molecular formula is C18H19BN2O2. The minimum Gasteiger partial charge on any atom is -0.399 e. The molecule has 0 aliphatic carbocycles. The minimum atomic E-state index is -0.404. The zero-order valence-electron chi connectivity index (χ0n) is 13.8. The van der Waals surface area contributed by atoms with Gasteiger partial charge in [0.1, 0.15) is 11.8 Å². The van der Waals surface area contributed by atoms with Crippen molar-refractivity contribution in [1.29, 1.82) is 5.26 Å². The van der Waals surface area contributed by atoms with Gasteiger partial charge >= 0.3 is 7.12 Å². The summed E-state index contributed by atoms with van der Waals surface area (Å²) < 4.78 is 12.2. The molecule has 1 saturated heterocycles. The lowest BCUT2D eigenvalue weighted by Crippen LogP contribution is -2.41. The van der Waals surface area contributed by atoms with Crippen LogP contribution in [0.1, 0.15) is 33.4 Å². The van der Waals surface area contributed by atoms with Crippen molar-refractivity contribution in [2.24, 2.45) is 0 Å². The van der Waals surface area contributed by atoms with Crippen LogP contribution in [0.5, 0.6) is 0 Å². The van der Waals surface area contributed by atoms with Crippen LogP contribution >= 0.6 is 0 Å². The fourth-order valence-corrected chi connectivity index (χ4v) is 2.48. The Kier molecular flexibility index (Phi) is 3.75. The van der Waals surface area contributed by atoms with Gasteiger partial charge in [0.25, 0.3) is 0 Å². The van der Waals surface area contributed by atoms with E-state index in [-0.39, 0.29) is 11.2 Å². The predicted octanol–water partition coefficient (Wildman–Crippen LogP) is 2.92. The van der Waals surface area contributed by atoms with E-state index in [9.17, 15) is 0 Å². The number of aromatic nitrogens is 1. The molecule has 2 heterocycles. The highest BCUT2D eigenvalue weighted by Gasteiger charge is 2.51. The molecule has 2 aromatic rings. The Balaban J connectivity index is 1.94. The number of nitrogens with zero attached hydrogens (tertiary/aromatic N) is 2. The van der Waals surface area contributed by atoms with Crippen LogP contribution in [0.3, 0.4) is 0 Å². The van der Waals surface area contributed by atoms with Crippen molar-refractivity contribution in [3.63, 3.8) is 0 Å². The molecule has 3 rings (SSSR count). The molecule has 1 fully saturated rings. The fraction of sp³-hybridized carbons (Fsp3) is 0.333. The summed E-state index contributed by atoms with van der Waals surface area (Å²) in [4.78, 5) is 4.34. The third-order valence-electron chi connectivity index (χ3n) is 4.57. The summed E-state index contributed by atoms with van der Waals surface area (Å²) in [5, 5.41) is 9.00. The average Bonchev–Trinajstić information content (AvgIpc) is 2.76. The third-order valence-corrected chi connectivity index (χ3v) is 4.57. The van der Waals surface area contributed by atoms with Gasteiger partial charge in [0.05, 0.1) is 16.9 Å². The van der Waals surface area contributed by atoms with Crippen molar-refractivity contribution in [1.82, 2.24) is 4.98 Å². The minimum absolute atomic E-state index is 0.368. The van der Waals surface area contributed by atoms with Gasteiger partial charge in [-0.2, -0.15) is 5.26 Å². The van der Waals surface area contributed by atoms with Gasteiger partial charge in [-0.3, -0.25) is 0 Å².